The molecule has 168 valence electrons. The zero-order chi connectivity index (χ0) is 19.9. The molecular formula is C21H29Cl2N7O. The summed E-state index contributed by atoms with van der Waals surface area (Å²) in [4.78, 5) is 30.8. The Kier molecular flexibility index (Phi) is 9.97. The Balaban J connectivity index is 0.00000171. The van der Waals surface area contributed by atoms with Gasteiger partial charge in [-0.05, 0) is 31.4 Å². The number of benzene rings is 1. The van der Waals surface area contributed by atoms with Gasteiger partial charge in [0, 0.05) is 32.1 Å². The van der Waals surface area contributed by atoms with E-state index in [9.17, 15) is 4.79 Å². The Morgan fingerprint density at radius 3 is 2.58 bits per heavy atom. The van der Waals surface area contributed by atoms with Crippen molar-refractivity contribution in [2.24, 2.45) is 0 Å². The van der Waals surface area contributed by atoms with Gasteiger partial charge in [-0.15, -0.1) is 24.8 Å². The first-order chi connectivity index (χ1) is 14.3. The van der Waals surface area contributed by atoms with E-state index < -0.39 is 0 Å². The fourth-order valence-corrected chi connectivity index (χ4v) is 3.77. The van der Waals surface area contributed by atoms with E-state index in [-0.39, 0.29) is 36.8 Å². The lowest BCUT2D eigenvalue weighted by molar-refractivity contribution is -0.121. The quantitative estimate of drug-likeness (QED) is 0.537. The summed E-state index contributed by atoms with van der Waals surface area (Å²) in [6.07, 6.45) is 6.59. The second-order valence-corrected chi connectivity index (χ2v) is 7.32. The van der Waals surface area contributed by atoms with Crippen molar-refractivity contribution in [2.75, 3.05) is 31.1 Å². The third kappa shape index (κ3) is 6.53. The fourth-order valence-electron chi connectivity index (χ4n) is 3.77. The number of nitrogens with one attached hydrogen (secondary N) is 3. The summed E-state index contributed by atoms with van der Waals surface area (Å²) in [5, 5.41) is 6.63. The minimum atomic E-state index is 0. The van der Waals surface area contributed by atoms with Gasteiger partial charge in [-0.25, -0.2) is 15.0 Å². The van der Waals surface area contributed by atoms with E-state index in [2.05, 4.69) is 47.6 Å². The summed E-state index contributed by atoms with van der Waals surface area (Å²) in [6.45, 7) is 3.23. The molecule has 3 aromatic rings. The number of H-pyrrole nitrogens is 1. The van der Waals surface area contributed by atoms with Crippen molar-refractivity contribution in [1.29, 1.82) is 0 Å². The summed E-state index contributed by atoms with van der Waals surface area (Å²) in [7, 11) is 0. The van der Waals surface area contributed by atoms with E-state index in [0.717, 1.165) is 55.8 Å². The molecule has 1 aliphatic heterocycles. The molecular weight excluding hydrogens is 437 g/mol. The van der Waals surface area contributed by atoms with Crippen LogP contribution in [0.25, 0.3) is 11.2 Å². The SMILES string of the molecule is Cl.Cl.O=C1CC(c2ccccc2)NCCCCN(c2ncnc3nc[nH]c23)CCCN1. The standard InChI is InChI=1S/C21H27N7O.2ClH/c29-18-13-17(16-7-2-1-3-8-16)22-9-4-5-11-28(12-6-10-23-18)21-19-20(25-14-24-19)26-15-27-21;;/h1-3,7-8,14-15,17,22H,4-6,9-13H2,(H,23,29)(H,24,25,26,27);2*1H. The van der Waals surface area contributed by atoms with Crippen molar-refractivity contribution in [1.82, 2.24) is 30.6 Å². The molecule has 31 heavy (non-hydrogen) atoms. The molecule has 0 bridgehead atoms. The van der Waals surface area contributed by atoms with Crippen LogP contribution in [0.3, 0.4) is 0 Å². The van der Waals surface area contributed by atoms with Gasteiger partial charge in [0.05, 0.1) is 6.33 Å². The van der Waals surface area contributed by atoms with Crippen LogP contribution in [0.2, 0.25) is 0 Å². The van der Waals surface area contributed by atoms with E-state index in [1.807, 2.05) is 18.2 Å². The summed E-state index contributed by atoms with van der Waals surface area (Å²) >= 11 is 0. The van der Waals surface area contributed by atoms with Gasteiger partial charge in [-0.2, -0.15) is 0 Å². The summed E-state index contributed by atoms with van der Waals surface area (Å²) in [6, 6.07) is 10.2. The van der Waals surface area contributed by atoms with Crippen LogP contribution in [0.15, 0.2) is 43.0 Å². The highest BCUT2D eigenvalue weighted by Gasteiger charge is 2.17. The summed E-state index contributed by atoms with van der Waals surface area (Å²) < 4.78 is 0. The van der Waals surface area contributed by atoms with Crippen LogP contribution in [0, 0.1) is 0 Å². The van der Waals surface area contributed by atoms with E-state index in [4.69, 9.17) is 0 Å². The van der Waals surface area contributed by atoms with Crippen LogP contribution in [0.1, 0.15) is 37.3 Å². The molecule has 1 atom stereocenters. The number of halogens is 2. The lowest BCUT2D eigenvalue weighted by atomic mass is 10.0. The number of aromatic nitrogens is 4. The Hall–Kier alpha value is -2.42. The minimum absolute atomic E-state index is 0. The highest BCUT2D eigenvalue weighted by Crippen LogP contribution is 2.21. The molecule has 0 spiro atoms. The third-order valence-electron chi connectivity index (χ3n) is 5.27. The van der Waals surface area contributed by atoms with E-state index in [1.54, 1.807) is 12.7 Å². The van der Waals surface area contributed by atoms with Crippen LogP contribution in [-0.4, -0.2) is 52.0 Å². The molecule has 0 saturated carbocycles. The molecule has 3 heterocycles. The number of aromatic amines is 1. The molecule has 1 unspecified atom stereocenters. The summed E-state index contributed by atoms with van der Waals surface area (Å²) in [5.74, 6) is 0.957. The second-order valence-electron chi connectivity index (χ2n) is 7.32. The first kappa shape index (κ1) is 24.8. The predicted molar refractivity (Wildman–Crippen MR) is 127 cm³/mol. The molecule has 0 aliphatic carbocycles. The lowest BCUT2D eigenvalue weighted by Crippen LogP contribution is -2.32. The van der Waals surface area contributed by atoms with E-state index in [0.29, 0.717) is 18.6 Å². The lowest BCUT2D eigenvalue weighted by Gasteiger charge is -2.24. The Morgan fingerprint density at radius 1 is 0.935 bits per heavy atom. The number of hydrogen-bond acceptors (Lipinski definition) is 6. The Bertz CT molecular complexity index is 938. The highest BCUT2D eigenvalue weighted by molar-refractivity contribution is 5.85. The number of carbonyl (C=O) groups is 1. The number of hydrogen-bond donors (Lipinski definition) is 3. The number of anilines is 1. The number of imidazole rings is 1. The first-order valence-electron chi connectivity index (χ1n) is 10.3. The molecule has 2 aromatic heterocycles. The van der Waals surface area contributed by atoms with Crippen molar-refractivity contribution in [2.45, 2.75) is 31.7 Å². The number of carbonyl (C=O) groups excluding carboxylic acids is 1. The number of fused-ring (bicyclic) bond motifs is 1. The zero-order valence-corrected chi connectivity index (χ0v) is 18.9. The Morgan fingerprint density at radius 2 is 1.74 bits per heavy atom. The van der Waals surface area contributed by atoms with Crippen molar-refractivity contribution >= 4 is 47.7 Å². The first-order valence-corrected chi connectivity index (χ1v) is 10.3. The van der Waals surface area contributed by atoms with Crippen molar-refractivity contribution in [3.8, 4) is 0 Å². The van der Waals surface area contributed by atoms with E-state index >= 15 is 0 Å². The highest BCUT2D eigenvalue weighted by atomic mass is 35.5. The molecule has 8 nitrogen and oxygen atoms in total. The molecule has 1 fully saturated rings. The predicted octanol–water partition coefficient (Wildman–Crippen LogP) is 3.02. The third-order valence-corrected chi connectivity index (χ3v) is 5.27. The molecule has 1 amide bonds. The van der Waals surface area contributed by atoms with Crippen LogP contribution < -0.4 is 15.5 Å². The maximum Gasteiger partial charge on any atom is 0.221 e. The minimum Gasteiger partial charge on any atom is -0.356 e. The van der Waals surface area contributed by atoms with Crippen LogP contribution in [0.4, 0.5) is 5.82 Å². The number of amides is 1. The van der Waals surface area contributed by atoms with Gasteiger partial charge in [-0.1, -0.05) is 30.3 Å². The van der Waals surface area contributed by atoms with Crippen molar-refractivity contribution < 1.29 is 4.79 Å². The maximum absolute atomic E-state index is 12.5. The Labute approximate surface area is 194 Å². The molecule has 3 N–H and O–H groups in total. The van der Waals surface area contributed by atoms with Gasteiger partial charge in [0.1, 0.15) is 11.8 Å². The normalized spacial score (nSPS) is 18.5. The molecule has 10 heteroatoms. The fraction of sp³-hybridized carbons (Fsp3) is 0.429. The second kappa shape index (κ2) is 12.4. The summed E-state index contributed by atoms with van der Waals surface area (Å²) in [5.41, 5.74) is 2.70. The monoisotopic (exact) mass is 465 g/mol. The van der Waals surface area contributed by atoms with Crippen molar-refractivity contribution in [3.05, 3.63) is 48.5 Å². The van der Waals surface area contributed by atoms with Crippen LogP contribution >= 0.6 is 24.8 Å². The van der Waals surface area contributed by atoms with Gasteiger partial charge in [-0.3, -0.25) is 4.79 Å². The largest absolute Gasteiger partial charge is 0.356 e. The average Bonchev–Trinajstić information content (AvgIpc) is 3.24. The van der Waals surface area contributed by atoms with Crippen molar-refractivity contribution in [3.63, 3.8) is 0 Å². The van der Waals surface area contributed by atoms with E-state index in [1.165, 1.54) is 0 Å². The van der Waals surface area contributed by atoms with Gasteiger partial charge >= 0.3 is 0 Å². The topological polar surface area (TPSA) is 98.8 Å². The molecule has 4 rings (SSSR count). The molecule has 1 aromatic carbocycles. The smallest absolute Gasteiger partial charge is 0.221 e. The van der Waals surface area contributed by atoms with Gasteiger partial charge in [0.25, 0.3) is 0 Å². The van der Waals surface area contributed by atoms with Gasteiger partial charge in [0.2, 0.25) is 5.91 Å². The van der Waals surface area contributed by atoms with Gasteiger partial charge < -0.3 is 20.5 Å². The zero-order valence-electron chi connectivity index (χ0n) is 17.3. The molecule has 1 saturated heterocycles. The average molecular weight is 466 g/mol. The van der Waals surface area contributed by atoms with Crippen LogP contribution in [0.5, 0.6) is 0 Å². The van der Waals surface area contributed by atoms with Crippen LogP contribution in [-0.2, 0) is 4.79 Å². The number of nitrogens with zero attached hydrogens (tertiary/aromatic N) is 4. The maximum atomic E-state index is 12.5. The number of rotatable bonds is 2. The van der Waals surface area contributed by atoms with Gasteiger partial charge in [0.15, 0.2) is 11.5 Å². The molecule has 0 radical (unpaired) electrons. The molecule has 1 aliphatic rings.